The molecule has 3 aromatic carbocycles. The summed E-state index contributed by atoms with van der Waals surface area (Å²) in [5.41, 5.74) is 1.33. The van der Waals surface area contributed by atoms with E-state index in [4.69, 9.17) is 19.3 Å². The Morgan fingerprint density at radius 2 is 1.47 bits per heavy atom. The van der Waals surface area contributed by atoms with Gasteiger partial charge in [0, 0.05) is 23.6 Å². The van der Waals surface area contributed by atoms with E-state index < -0.39 is 52.6 Å². The molecule has 1 aromatic heterocycles. The van der Waals surface area contributed by atoms with Crippen LogP contribution in [0.25, 0.3) is 0 Å². The number of benzene rings is 3. The van der Waals surface area contributed by atoms with Gasteiger partial charge in [0.15, 0.2) is 10.8 Å². The highest BCUT2D eigenvalue weighted by molar-refractivity contribution is 8.00. The van der Waals surface area contributed by atoms with E-state index in [1.54, 1.807) is 12.3 Å². The van der Waals surface area contributed by atoms with E-state index in [2.05, 4.69) is 35.0 Å². The minimum Gasteiger partial charge on any atom is -0.477 e. The molecular weight excluding hydrogens is 785 g/mol. The molecule has 58 heavy (non-hydrogen) atoms. The van der Waals surface area contributed by atoms with Crippen LogP contribution in [0.1, 0.15) is 50.1 Å². The van der Waals surface area contributed by atoms with Crippen molar-refractivity contribution < 1.29 is 43.4 Å². The van der Waals surface area contributed by atoms with E-state index >= 15 is 0 Å². The molecule has 1 fully saturated rings. The number of hydrogen-bond donors (Lipinski definition) is 4. The zero-order valence-electron chi connectivity index (χ0n) is 32.3. The summed E-state index contributed by atoms with van der Waals surface area (Å²) in [5.74, 6) is -3.44. The second kappa shape index (κ2) is 20.4. The fourth-order valence-electron chi connectivity index (χ4n) is 6.26. The normalized spacial score (nSPS) is 16.2. The smallest absolute Gasteiger partial charge is 0.477 e. The topological polar surface area (TPSA) is 198 Å². The Hall–Kier alpha value is -6.04. The SMILES string of the molecule is CCNCC.CCOC(=O)ON=C(C(=O)NC1C(=O)N2C(C(=O)O)=C(COC(C)=O)CS[C@H]12)c1csc(NC(c2ccccc2)(c2ccccc2)c2ccccc2)n1. The van der Waals surface area contributed by atoms with E-state index in [1.165, 1.54) is 30.0 Å². The summed E-state index contributed by atoms with van der Waals surface area (Å²) in [5, 5.41) is 24.2. The van der Waals surface area contributed by atoms with Crippen LogP contribution in [-0.2, 0) is 39.0 Å². The van der Waals surface area contributed by atoms with Crippen molar-refractivity contribution in [3.8, 4) is 0 Å². The molecule has 304 valence electrons. The highest BCUT2D eigenvalue weighted by Gasteiger charge is 2.54. The first-order valence-corrected chi connectivity index (χ1v) is 20.4. The van der Waals surface area contributed by atoms with Gasteiger partial charge in [-0.1, -0.05) is 110 Å². The molecule has 2 amide bonds. The minimum absolute atomic E-state index is 0.00855. The molecule has 6 rings (SSSR count). The number of aromatic nitrogens is 1. The van der Waals surface area contributed by atoms with Crippen LogP contribution in [0.3, 0.4) is 0 Å². The Kier molecular flexibility index (Phi) is 15.2. The van der Waals surface area contributed by atoms with E-state index in [-0.39, 0.29) is 35.9 Å². The number of thioether (sulfide) groups is 1. The Labute approximate surface area is 343 Å². The summed E-state index contributed by atoms with van der Waals surface area (Å²) >= 11 is 2.37. The molecule has 2 atom stereocenters. The maximum Gasteiger partial charge on any atom is 0.535 e. The number of anilines is 1. The van der Waals surface area contributed by atoms with E-state index in [0.29, 0.717) is 5.13 Å². The van der Waals surface area contributed by atoms with Gasteiger partial charge < -0.3 is 30.5 Å². The van der Waals surface area contributed by atoms with Gasteiger partial charge in [0.1, 0.15) is 35.0 Å². The summed E-state index contributed by atoms with van der Waals surface area (Å²) in [6.07, 6.45) is -1.16. The third-order valence-electron chi connectivity index (χ3n) is 8.84. The Morgan fingerprint density at radius 1 is 0.897 bits per heavy atom. The fourth-order valence-corrected chi connectivity index (χ4v) is 8.33. The summed E-state index contributed by atoms with van der Waals surface area (Å²) in [4.78, 5) is 73.5. The molecule has 15 nitrogen and oxygen atoms in total. The van der Waals surface area contributed by atoms with E-state index in [1.807, 2.05) is 91.0 Å². The lowest BCUT2D eigenvalue weighted by molar-refractivity contribution is -0.150. The number of esters is 1. The molecule has 0 aliphatic carbocycles. The van der Waals surface area contributed by atoms with Gasteiger partial charge in [0.05, 0.1) is 6.61 Å². The highest BCUT2D eigenvalue weighted by Crippen LogP contribution is 2.42. The zero-order chi connectivity index (χ0) is 41.7. The first-order chi connectivity index (χ1) is 28.0. The van der Waals surface area contributed by atoms with Gasteiger partial charge in [-0.05, 0) is 36.7 Å². The summed E-state index contributed by atoms with van der Waals surface area (Å²) in [6.45, 7) is 8.85. The third-order valence-corrected chi connectivity index (χ3v) is 10.9. The zero-order valence-corrected chi connectivity index (χ0v) is 33.9. The molecule has 0 bridgehead atoms. The maximum absolute atomic E-state index is 13.9. The second-order valence-corrected chi connectivity index (χ2v) is 14.5. The van der Waals surface area contributed by atoms with Crippen LogP contribution in [0, 0.1) is 0 Å². The first kappa shape index (κ1) is 43.1. The quantitative estimate of drug-likeness (QED) is 0.0300. The van der Waals surface area contributed by atoms with Crippen LogP contribution in [0.15, 0.2) is 113 Å². The van der Waals surface area contributed by atoms with Crippen molar-refractivity contribution >= 4 is 63.9 Å². The first-order valence-electron chi connectivity index (χ1n) is 18.4. The van der Waals surface area contributed by atoms with Crippen LogP contribution < -0.4 is 16.0 Å². The molecule has 0 spiro atoms. The van der Waals surface area contributed by atoms with Crippen molar-refractivity contribution in [3.63, 3.8) is 0 Å². The number of nitrogens with one attached hydrogen (secondary N) is 3. The van der Waals surface area contributed by atoms with Gasteiger partial charge in [-0.2, -0.15) is 0 Å². The number of nitrogens with zero attached hydrogens (tertiary/aromatic N) is 3. The van der Waals surface area contributed by atoms with Crippen LogP contribution in [0.2, 0.25) is 0 Å². The van der Waals surface area contributed by atoms with Crippen LogP contribution in [0.4, 0.5) is 9.93 Å². The average Bonchev–Trinajstić information content (AvgIpc) is 3.70. The average molecular weight is 829 g/mol. The number of β-lactam (4-membered cyclic amide) rings is 1. The lowest BCUT2D eigenvalue weighted by Gasteiger charge is -2.49. The van der Waals surface area contributed by atoms with Gasteiger partial charge in [-0.3, -0.25) is 24.1 Å². The summed E-state index contributed by atoms with van der Waals surface area (Å²) < 4.78 is 9.81. The number of fused-ring (bicyclic) bond motifs is 1. The van der Waals surface area contributed by atoms with Gasteiger partial charge in [0.25, 0.3) is 11.8 Å². The molecule has 1 saturated heterocycles. The van der Waals surface area contributed by atoms with Crippen LogP contribution in [-0.4, -0.2) is 94.1 Å². The number of aliphatic carboxylic acids is 1. The van der Waals surface area contributed by atoms with Crippen LogP contribution >= 0.6 is 23.1 Å². The van der Waals surface area contributed by atoms with E-state index in [9.17, 15) is 29.1 Å². The lowest BCUT2D eigenvalue weighted by atomic mass is 9.77. The highest BCUT2D eigenvalue weighted by atomic mass is 32.2. The molecule has 4 N–H and O–H groups in total. The Morgan fingerprint density at radius 3 is 1.95 bits per heavy atom. The molecule has 17 heteroatoms. The van der Waals surface area contributed by atoms with Crippen molar-refractivity contribution in [2.45, 2.75) is 44.6 Å². The molecule has 2 aliphatic heterocycles. The van der Waals surface area contributed by atoms with Crippen molar-refractivity contribution in [2.24, 2.45) is 5.16 Å². The second-order valence-electron chi connectivity index (χ2n) is 12.6. The van der Waals surface area contributed by atoms with Gasteiger partial charge in [0.2, 0.25) is 0 Å². The summed E-state index contributed by atoms with van der Waals surface area (Å²) in [6, 6.07) is 28.3. The molecule has 0 radical (unpaired) electrons. The van der Waals surface area contributed by atoms with Crippen molar-refractivity contribution in [1.29, 1.82) is 0 Å². The number of carboxylic acids is 1. The standard InChI is InChI=1S/C37H33N5O9S2.C4H11N/c1-3-49-36(48)51-41-28(31(44)39-29-32(45)42-30(34(46)47)23(19-50-22(2)43)20-52-33(29)42)27-21-53-35(38-27)40-37(24-13-7-4-8-14-24,25-15-9-5-10-16-25)26-17-11-6-12-18-26;1-3-5-4-2/h4-18,21,29,33H,3,19-20H2,1-2H3,(H,38,40)(H,39,44)(H,46,47);5H,3-4H2,1-2H3/t29?,33-;/m1./s1. The number of thiazole rings is 1. The number of ether oxygens (including phenoxy) is 2. The van der Waals surface area contributed by atoms with Gasteiger partial charge >= 0.3 is 18.1 Å². The predicted octanol–water partition coefficient (Wildman–Crippen LogP) is 5.34. The number of carboxylic acid groups (broad SMARTS) is 1. The molecular formula is C41H44N6O9S2. The van der Waals surface area contributed by atoms with E-state index in [0.717, 1.165) is 34.7 Å². The number of rotatable bonds is 15. The largest absolute Gasteiger partial charge is 0.535 e. The number of oxime groups is 1. The predicted molar refractivity (Wildman–Crippen MR) is 220 cm³/mol. The van der Waals surface area contributed by atoms with Gasteiger partial charge in [-0.25, -0.2) is 14.6 Å². The third kappa shape index (κ3) is 9.90. The molecule has 3 heterocycles. The maximum atomic E-state index is 13.9. The van der Waals surface area contributed by atoms with Crippen molar-refractivity contribution in [2.75, 3.05) is 37.4 Å². The number of amides is 2. The van der Waals surface area contributed by atoms with Crippen molar-refractivity contribution in [1.82, 2.24) is 20.5 Å². The molecule has 2 aliphatic rings. The number of carbonyl (C=O) groups is 5. The lowest BCUT2D eigenvalue weighted by Crippen LogP contribution is -2.71. The molecule has 1 unspecified atom stereocenters. The van der Waals surface area contributed by atoms with Crippen LogP contribution in [0.5, 0.6) is 0 Å². The minimum atomic E-state index is -1.37. The Balaban J connectivity index is 0.00000121. The number of carbonyl (C=O) groups excluding carboxylic acids is 4. The van der Waals surface area contributed by atoms with Crippen molar-refractivity contribution in [3.05, 3.63) is 130 Å². The number of hydrogen-bond acceptors (Lipinski definition) is 14. The molecule has 0 saturated carbocycles. The Bertz CT molecular complexity index is 2030. The summed E-state index contributed by atoms with van der Waals surface area (Å²) in [7, 11) is 0. The molecule has 4 aromatic rings. The fraction of sp³-hybridized carbons (Fsp3) is 0.293. The monoisotopic (exact) mass is 828 g/mol. The van der Waals surface area contributed by atoms with Gasteiger partial charge in [-0.15, -0.1) is 23.1 Å².